The van der Waals surface area contributed by atoms with Crippen LogP contribution in [-0.2, 0) is 4.79 Å². The third-order valence-electron chi connectivity index (χ3n) is 3.29. The van der Waals surface area contributed by atoms with Crippen molar-refractivity contribution in [3.05, 3.63) is 0 Å². The second kappa shape index (κ2) is 7.70. The third-order valence-corrected chi connectivity index (χ3v) is 3.29. The van der Waals surface area contributed by atoms with Gasteiger partial charge < -0.3 is 4.90 Å². The van der Waals surface area contributed by atoms with E-state index in [1.807, 2.05) is 18.7 Å². The molecule has 0 aromatic carbocycles. The number of nitrogens with zero attached hydrogens (tertiary/aromatic N) is 2. The quantitative estimate of drug-likeness (QED) is 0.685. The SMILES string of the molecule is CCN(CC)C(=O)CC(C)N(C(C)C)C(C)C. The van der Waals surface area contributed by atoms with Gasteiger partial charge in [0.2, 0.25) is 5.91 Å². The number of carbonyl (C=O) groups excluding carboxylic acids is 1. The highest BCUT2D eigenvalue weighted by molar-refractivity contribution is 5.76. The van der Waals surface area contributed by atoms with Crippen molar-refractivity contribution in [3.8, 4) is 0 Å². The minimum absolute atomic E-state index is 0.272. The summed E-state index contributed by atoms with van der Waals surface area (Å²) in [5.41, 5.74) is 0. The van der Waals surface area contributed by atoms with Crippen LogP contribution < -0.4 is 0 Å². The van der Waals surface area contributed by atoms with Crippen molar-refractivity contribution in [2.45, 2.75) is 73.0 Å². The van der Waals surface area contributed by atoms with Gasteiger partial charge in [-0.1, -0.05) is 0 Å². The summed E-state index contributed by atoms with van der Waals surface area (Å²) in [5.74, 6) is 0.272. The maximum Gasteiger partial charge on any atom is 0.224 e. The Bertz CT molecular complexity index is 214. The van der Waals surface area contributed by atoms with E-state index < -0.39 is 0 Å². The maximum atomic E-state index is 12.1. The maximum absolute atomic E-state index is 12.1. The lowest BCUT2D eigenvalue weighted by Crippen LogP contribution is -2.46. The number of rotatable bonds is 7. The molecule has 0 aliphatic carbocycles. The number of amides is 1. The summed E-state index contributed by atoms with van der Waals surface area (Å²) in [4.78, 5) is 16.4. The molecule has 102 valence electrons. The second-order valence-electron chi connectivity index (χ2n) is 5.25. The number of carbonyl (C=O) groups is 1. The molecule has 0 aliphatic rings. The van der Waals surface area contributed by atoms with Gasteiger partial charge in [-0.2, -0.15) is 0 Å². The van der Waals surface area contributed by atoms with E-state index in [9.17, 15) is 4.79 Å². The van der Waals surface area contributed by atoms with Crippen molar-refractivity contribution < 1.29 is 4.79 Å². The van der Waals surface area contributed by atoms with E-state index in [0.29, 0.717) is 24.5 Å². The largest absolute Gasteiger partial charge is 0.343 e. The zero-order valence-corrected chi connectivity index (χ0v) is 12.7. The van der Waals surface area contributed by atoms with Crippen LogP contribution in [0.5, 0.6) is 0 Å². The number of hydrogen-bond acceptors (Lipinski definition) is 2. The van der Waals surface area contributed by atoms with E-state index in [2.05, 4.69) is 39.5 Å². The van der Waals surface area contributed by atoms with Gasteiger partial charge in [0.1, 0.15) is 0 Å². The van der Waals surface area contributed by atoms with Crippen LogP contribution in [-0.4, -0.2) is 46.9 Å². The molecule has 17 heavy (non-hydrogen) atoms. The summed E-state index contributed by atoms with van der Waals surface area (Å²) in [6.07, 6.45) is 0.623. The van der Waals surface area contributed by atoms with Gasteiger partial charge in [0.15, 0.2) is 0 Å². The van der Waals surface area contributed by atoms with Gasteiger partial charge in [-0.05, 0) is 48.5 Å². The molecule has 0 saturated heterocycles. The van der Waals surface area contributed by atoms with E-state index >= 15 is 0 Å². The zero-order valence-electron chi connectivity index (χ0n) is 12.7. The summed E-state index contributed by atoms with van der Waals surface area (Å²) >= 11 is 0. The molecular weight excluding hydrogens is 212 g/mol. The highest BCUT2D eigenvalue weighted by atomic mass is 16.2. The van der Waals surface area contributed by atoms with Gasteiger partial charge in [-0.3, -0.25) is 9.69 Å². The molecule has 0 N–H and O–H groups in total. The highest BCUT2D eigenvalue weighted by Crippen LogP contribution is 2.14. The van der Waals surface area contributed by atoms with Crippen molar-refractivity contribution in [1.29, 1.82) is 0 Å². The van der Waals surface area contributed by atoms with Crippen LogP contribution in [0.3, 0.4) is 0 Å². The molecule has 0 heterocycles. The van der Waals surface area contributed by atoms with E-state index in [1.54, 1.807) is 0 Å². The van der Waals surface area contributed by atoms with Crippen LogP contribution in [0.2, 0.25) is 0 Å². The van der Waals surface area contributed by atoms with Gasteiger partial charge in [0, 0.05) is 37.6 Å². The fourth-order valence-electron chi connectivity index (χ4n) is 2.68. The Labute approximate surface area is 107 Å². The van der Waals surface area contributed by atoms with Crippen molar-refractivity contribution in [3.63, 3.8) is 0 Å². The number of hydrogen-bond donors (Lipinski definition) is 0. The Morgan fingerprint density at radius 1 is 0.941 bits per heavy atom. The molecule has 0 radical (unpaired) electrons. The summed E-state index contributed by atoms with van der Waals surface area (Å²) in [6, 6.07) is 1.27. The molecule has 0 spiro atoms. The van der Waals surface area contributed by atoms with Crippen molar-refractivity contribution in [1.82, 2.24) is 9.80 Å². The lowest BCUT2D eigenvalue weighted by molar-refractivity contribution is -0.132. The molecule has 0 saturated carbocycles. The van der Waals surface area contributed by atoms with Gasteiger partial charge in [-0.15, -0.1) is 0 Å². The standard InChI is InChI=1S/C14H30N2O/c1-8-15(9-2)14(17)10-13(7)16(11(3)4)12(5)6/h11-13H,8-10H2,1-7H3. The van der Waals surface area contributed by atoms with Crippen LogP contribution in [0, 0.1) is 0 Å². The first kappa shape index (κ1) is 16.4. The normalized spacial score (nSPS) is 13.5. The lowest BCUT2D eigenvalue weighted by atomic mass is 10.1. The molecular formula is C14H30N2O. The Morgan fingerprint density at radius 2 is 1.35 bits per heavy atom. The van der Waals surface area contributed by atoms with Crippen LogP contribution in [0.4, 0.5) is 0 Å². The first-order valence-electron chi connectivity index (χ1n) is 6.90. The minimum atomic E-state index is 0.272. The Morgan fingerprint density at radius 3 is 1.65 bits per heavy atom. The average molecular weight is 242 g/mol. The summed E-state index contributed by atoms with van der Waals surface area (Å²) in [7, 11) is 0. The molecule has 1 amide bonds. The first-order valence-corrected chi connectivity index (χ1v) is 6.90. The third kappa shape index (κ3) is 5.07. The fourth-order valence-corrected chi connectivity index (χ4v) is 2.68. The molecule has 0 bridgehead atoms. The summed E-state index contributed by atoms with van der Waals surface area (Å²) in [5, 5.41) is 0. The predicted octanol–water partition coefficient (Wildman–Crippen LogP) is 2.75. The molecule has 0 fully saturated rings. The van der Waals surface area contributed by atoms with Crippen LogP contribution >= 0.6 is 0 Å². The van der Waals surface area contributed by atoms with E-state index in [0.717, 1.165) is 13.1 Å². The minimum Gasteiger partial charge on any atom is -0.343 e. The molecule has 0 aromatic heterocycles. The van der Waals surface area contributed by atoms with Gasteiger partial charge >= 0.3 is 0 Å². The molecule has 0 aromatic rings. The Balaban J connectivity index is 4.50. The van der Waals surface area contributed by atoms with Gasteiger partial charge in [0.05, 0.1) is 0 Å². The molecule has 1 atom stereocenters. The monoisotopic (exact) mass is 242 g/mol. The van der Waals surface area contributed by atoms with E-state index in [1.165, 1.54) is 0 Å². The molecule has 3 heteroatoms. The van der Waals surface area contributed by atoms with E-state index in [4.69, 9.17) is 0 Å². The molecule has 0 rings (SSSR count). The van der Waals surface area contributed by atoms with Crippen LogP contribution in [0.15, 0.2) is 0 Å². The van der Waals surface area contributed by atoms with Crippen LogP contribution in [0.1, 0.15) is 54.9 Å². The second-order valence-corrected chi connectivity index (χ2v) is 5.25. The molecule has 0 aliphatic heterocycles. The van der Waals surface area contributed by atoms with Gasteiger partial charge in [-0.25, -0.2) is 0 Å². The predicted molar refractivity (Wildman–Crippen MR) is 74.1 cm³/mol. The average Bonchev–Trinajstić information content (AvgIpc) is 2.17. The fraction of sp³-hybridized carbons (Fsp3) is 0.929. The highest BCUT2D eigenvalue weighted by Gasteiger charge is 2.23. The molecule has 3 nitrogen and oxygen atoms in total. The first-order chi connectivity index (χ1) is 7.84. The van der Waals surface area contributed by atoms with Crippen molar-refractivity contribution >= 4 is 5.91 Å². The Kier molecular flexibility index (Phi) is 7.44. The lowest BCUT2D eigenvalue weighted by Gasteiger charge is -2.36. The van der Waals surface area contributed by atoms with Crippen molar-refractivity contribution in [2.24, 2.45) is 0 Å². The summed E-state index contributed by atoms with van der Waals surface area (Å²) < 4.78 is 0. The smallest absolute Gasteiger partial charge is 0.224 e. The Hall–Kier alpha value is -0.570. The van der Waals surface area contributed by atoms with Crippen LogP contribution in [0.25, 0.3) is 0 Å². The topological polar surface area (TPSA) is 23.6 Å². The molecule has 1 unspecified atom stereocenters. The zero-order chi connectivity index (χ0) is 13.6. The van der Waals surface area contributed by atoms with E-state index in [-0.39, 0.29) is 5.91 Å². The summed E-state index contributed by atoms with van der Waals surface area (Å²) in [6.45, 7) is 16.6. The van der Waals surface area contributed by atoms with Gasteiger partial charge in [0.25, 0.3) is 0 Å². The van der Waals surface area contributed by atoms with Crippen molar-refractivity contribution in [2.75, 3.05) is 13.1 Å².